The van der Waals surface area contributed by atoms with Crippen LogP contribution in [0.3, 0.4) is 0 Å². The van der Waals surface area contributed by atoms with E-state index in [0.29, 0.717) is 6.42 Å². The van der Waals surface area contributed by atoms with E-state index in [0.717, 1.165) is 18.4 Å². The lowest BCUT2D eigenvalue weighted by atomic mass is 10.1. The van der Waals surface area contributed by atoms with Gasteiger partial charge in [0.05, 0.1) is 12.7 Å². The molecule has 1 fully saturated rings. The number of hydrogen-bond acceptors (Lipinski definition) is 3. The second-order valence-electron chi connectivity index (χ2n) is 3.38. The minimum atomic E-state index is -0.643. The fourth-order valence-corrected chi connectivity index (χ4v) is 1.01. The van der Waals surface area contributed by atoms with Crippen molar-refractivity contribution >= 4 is 0 Å². The van der Waals surface area contributed by atoms with E-state index < -0.39 is 6.29 Å². The summed E-state index contributed by atoms with van der Waals surface area (Å²) in [4.78, 5) is 0. The highest BCUT2D eigenvalue weighted by molar-refractivity contribution is 5.05. The lowest BCUT2D eigenvalue weighted by Crippen LogP contribution is -2.29. The summed E-state index contributed by atoms with van der Waals surface area (Å²) >= 11 is 0. The number of rotatable bonds is 2. The average Bonchev–Trinajstić information content (AvgIpc) is 2.18. The molecule has 14 heavy (non-hydrogen) atoms. The Morgan fingerprint density at radius 2 is 2.14 bits per heavy atom. The summed E-state index contributed by atoms with van der Waals surface area (Å²) in [5.41, 5.74) is 1.02. The van der Waals surface area contributed by atoms with Crippen LogP contribution in [0.5, 0.6) is 0 Å². The number of aliphatic hydroxyl groups is 2. The normalized spacial score (nSPS) is 25.9. The minimum Gasteiger partial charge on any atom is -0.394 e. The summed E-state index contributed by atoms with van der Waals surface area (Å²) in [5.74, 6) is 0. The Balaban J connectivity index is 0.000000292. The summed E-state index contributed by atoms with van der Waals surface area (Å²) in [6, 6.07) is 0. The smallest absolute Gasteiger partial charge is 0.155 e. The van der Waals surface area contributed by atoms with Crippen LogP contribution in [0.15, 0.2) is 24.8 Å². The predicted molar refractivity (Wildman–Crippen MR) is 56.8 cm³/mol. The van der Waals surface area contributed by atoms with Gasteiger partial charge in [0.15, 0.2) is 6.29 Å². The van der Waals surface area contributed by atoms with E-state index in [2.05, 4.69) is 13.2 Å². The van der Waals surface area contributed by atoms with E-state index in [1.807, 2.05) is 6.92 Å². The van der Waals surface area contributed by atoms with Gasteiger partial charge in [-0.2, -0.15) is 0 Å². The molecule has 0 amide bonds. The molecule has 3 heteroatoms. The molecule has 82 valence electrons. The summed E-state index contributed by atoms with van der Waals surface area (Å²) in [6.45, 7) is 8.95. The Morgan fingerprint density at radius 3 is 2.43 bits per heavy atom. The molecule has 1 heterocycles. The van der Waals surface area contributed by atoms with Crippen molar-refractivity contribution in [2.24, 2.45) is 0 Å². The Labute approximate surface area is 85.7 Å². The summed E-state index contributed by atoms with van der Waals surface area (Å²) in [7, 11) is 0. The highest BCUT2D eigenvalue weighted by Crippen LogP contribution is 2.16. The molecule has 0 aromatic carbocycles. The second kappa shape index (κ2) is 7.74. The van der Waals surface area contributed by atoms with Crippen molar-refractivity contribution in [2.45, 2.75) is 38.6 Å². The quantitative estimate of drug-likeness (QED) is 0.666. The van der Waals surface area contributed by atoms with E-state index in [-0.39, 0.29) is 12.7 Å². The van der Waals surface area contributed by atoms with E-state index in [9.17, 15) is 0 Å². The van der Waals surface area contributed by atoms with Gasteiger partial charge in [0, 0.05) is 0 Å². The largest absolute Gasteiger partial charge is 0.394 e. The highest BCUT2D eigenvalue weighted by atomic mass is 16.6. The molecule has 0 spiro atoms. The number of aliphatic hydroxyl groups excluding tert-OH is 2. The monoisotopic (exact) mass is 200 g/mol. The summed E-state index contributed by atoms with van der Waals surface area (Å²) in [6.07, 6.45) is 3.47. The Bertz CT molecular complexity index is 177. The average molecular weight is 200 g/mol. The van der Waals surface area contributed by atoms with Gasteiger partial charge < -0.3 is 14.9 Å². The van der Waals surface area contributed by atoms with Crippen LogP contribution in [-0.4, -0.2) is 29.2 Å². The van der Waals surface area contributed by atoms with Crippen LogP contribution < -0.4 is 0 Å². The van der Waals surface area contributed by atoms with Crippen LogP contribution in [0.1, 0.15) is 26.2 Å². The third-order valence-electron chi connectivity index (χ3n) is 1.88. The van der Waals surface area contributed by atoms with Gasteiger partial charge in [-0.15, -0.1) is 0 Å². The zero-order valence-corrected chi connectivity index (χ0v) is 8.78. The number of ether oxygens (including phenoxy) is 1. The zero-order chi connectivity index (χ0) is 11.0. The molecular formula is C11H20O3. The van der Waals surface area contributed by atoms with Crippen LogP contribution in [0.4, 0.5) is 0 Å². The van der Waals surface area contributed by atoms with Crippen molar-refractivity contribution in [3.63, 3.8) is 0 Å². The van der Waals surface area contributed by atoms with Crippen molar-refractivity contribution in [1.82, 2.24) is 0 Å². The van der Waals surface area contributed by atoms with Crippen molar-refractivity contribution in [2.75, 3.05) is 6.61 Å². The lowest BCUT2D eigenvalue weighted by Gasteiger charge is -2.24. The molecular weight excluding hydrogens is 180 g/mol. The Morgan fingerprint density at radius 1 is 1.57 bits per heavy atom. The van der Waals surface area contributed by atoms with Crippen LogP contribution in [0, 0.1) is 0 Å². The van der Waals surface area contributed by atoms with Crippen LogP contribution in [0.2, 0.25) is 0 Å². The first-order chi connectivity index (χ1) is 6.60. The highest BCUT2D eigenvalue weighted by Gasteiger charge is 2.18. The summed E-state index contributed by atoms with van der Waals surface area (Å²) in [5, 5.41) is 17.5. The molecule has 1 saturated heterocycles. The number of allylic oxidation sites excluding steroid dienone is 2. The maximum atomic E-state index is 8.88. The molecule has 0 aromatic rings. The lowest BCUT2D eigenvalue weighted by molar-refractivity contribution is -0.172. The van der Waals surface area contributed by atoms with Gasteiger partial charge in [-0.25, -0.2) is 0 Å². The van der Waals surface area contributed by atoms with Crippen LogP contribution >= 0.6 is 0 Å². The predicted octanol–water partition coefficient (Wildman–Crippen LogP) is 1.61. The SMILES string of the molecule is C=CC(=C)C.OCC1CCCC(O)O1. The van der Waals surface area contributed by atoms with Crippen molar-refractivity contribution in [3.8, 4) is 0 Å². The second-order valence-corrected chi connectivity index (χ2v) is 3.38. The minimum absolute atomic E-state index is 0.0249. The van der Waals surface area contributed by atoms with Crippen molar-refractivity contribution in [3.05, 3.63) is 24.8 Å². The van der Waals surface area contributed by atoms with E-state index in [1.54, 1.807) is 6.08 Å². The first-order valence-corrected chi connectivity index (χ1v) is 4.82. The van der Waals surface area contributed by atoms with Gasteiger partial charge in [0.2, 0.25) is 0 Å². The van der Waals surface area contributed by atoms with Gasteiger partial charge in [0.25, 0.3) is 0 Å². The van der Waals surface area contributed by atoms with Gasteiger partial charge in [0.1, 0.15) is 0 Å². The molecule has 2 unspecified atom stereocenters. The molecule has 2 atom stereocenters. The maximum absolute atomic E-state index is 8.88. The van der Waals surface area contributed by atoms with Gasteiger partial charge in [-0.1, -0.05) is 24.8 Å². The van der Waals surface area contributed by atoms with Crippen LogP contribution in [0.25, 0.3) is 0 Å². The molecule has 0 aromatic heterocycles. The molecule has 0 saturated carbocycles. The zero-order valence-electron chi connectivity index (χ0n) is 8.78. The maximum Gasteiger partial charge on any atom is 0.155 e. The Hall–Kier alpha value is -0.640. The molecule has 3 nitrogen and oxygen atoms in total. The Kier molecular flexibility index (Phi) is 7.38. The van der Waals surface area contributed by atoms with E-state index in [1.165, 1.54) is 0 Å². The van der Waals surface area contributed by atoms with Crippen molar-refractivity contribution < 1.29 is 14.9 Å². The molecule has 0 radical (unpaired) electrons. The molecule has 0 bridgehead atoms. The van der Waals surface area contributed by atoms with Gasteiger partial charge in [-0.05, 0) is 26.2 Å². The fourth-order valence-electron chi connectivity index (χ4n) is 1.01. The first-order valence-electron chi connectivity index (χ1n) is 4.82. The van der Waals surface area contributed by atoms with Gasteiger partial charge >= 0.3 is 0 Å². The van der Waals surface area contributed by atoms with E-state index in [4.69, 9.17) is 14.9 Å². The van der Waals surface area contributed by atoms with E-state index >= 15 is 0 Å². The first kappa shape index (κ1) is 13.4. The van der Waals surface area contributed by atoms with Crippen LogP contribution in [-0.2, 0) is 4.74 Å². The number of hydrogen-bond donors (Lipinski definition) is 2. The molecule has 1 aliphatic heterocycles. The topological polar surface area (TPSA) is 49.7 Å². The fraction of sp³-hybridized carbons (Fsp3) is 0.636. The summed E-state index contributed by atoms with van der Waals surface area (Å²) < 4.78 is 4.94. The molecule has 1 aliphatic rings. The molecule has 1 rings (SSSR count). The van der Waals surface area contributed by atoms with Gasteiger partial charge in [-0.3, -0.25) is 0 Å². The third-order valence-corrected chi connectivity index (χ3v) is 1.88. The molecule has 2 N–H and O–H groups in total. The standard InChI is InChI=1S/C6H12O3.C5H8/c7-4-5-2-1-3-6(8)9-5;1-4-5(2)3/h5-8H,1-4H2;4H,1-2H2,3H3. The van der Waals surface area contributed by atoms with Crippen molar-refractivity contribution in [1.29, 1.82) is 0 Å². The third kappa shape index (κ3) is 6.83. The molecule has 0 aliphatic carbocycles.